The number of alkyl halides is 3. The number of sulfonamides is 1. The average molecular weight is 641 g/mol. The smallest absolute Gasteiger partial charge is 0.406 e. The van der Waals surface area contributed by atoms with Gasteiger partial charge in [0.1, 0.15) is 11.4 Å². The standard InChI is InChI=1S/C27H31F3N6O5S2/c1-26(2,35-10-12-42(37,38)13-11-35)9-8-19-16-36(20-15-32-34(3)17-20)25-24(19)23(43(31,39)40)14-22(33-25)18-4-6-21(7-5-18)41-27(28,29)30/h4-7,14-17H,8-13H2,1-3H3,(H2,31,39,40). The SMILES string of the molecule is Cn1cc(-n2cc(CCC(C)(C)N3CCS(=O)(=O)CC3)c3c(S(N)(=O)=O)cc(-c4ccc(OC(F)(F)F)cc4)nc32)cn1. The highest BCUT2D eigenvalue weighted by Crippen LogP contribution is 2.35. The summed E-state index contributed by atoms with van der Waals surface area (Å²) in [6, 6.07) is 6.24. The van der Waals surface area contributed by atoms with Crippen molar-refractivity contribution in [3.8, 4) is 22.7 Å². The third-order valence-corrected chi connectivity index (χ3v) is 10.2. The van der Waals surface area contributed by atoms with Gasteiger partial charge >= 0.3 is 6.36 Å². The number of hydrogen-bond donors (Lipinski definition) is 1. The van der Waals surface area contributed by atoms with Gasteiger partial charge in [-0.1, -0.05) is 0 Å². The summed E-state index contributed by atoms with van der Waals surface area (Å²) in [6.45, 7) is 4.86. The van der Waals surface area contributed by atoms with Crippen molar-refractivity contribution in [2.75, 3.05) is 24.6 Å². The van der Waals surface area contributed by atoms with Gasteiger partial charge in [0.05, 0.1) is 34.0 Å². The molecule has 1 saturated heterocycles. The van der Waals surface area contributed by atoms with Gasteiger partial charge in [-0.25, -0.2) is 27.0 Å². The van der Waals surface area contributed by atoms with E-state index >= 15 is 0 Å². The molecule has 0 saturated carbocycles. The molecule has 0 spiro atoms. The van der Waals surface area contributed by atoms with Crippen molar-refractivity contribution in [3.63, 3.8) is 0 Å². The molecule has 1 aliphatic rings. The van der Waals surface area contributed by atoms with E-state index < -0.39 is 37.5 Å². The zero-order chi connectivity index (χ0) is 31.4. The van der Waals surface area contributed by atoms with Gasteiger partial charge < -0.3 is 4.74 Å². The summed E-state index contributed by atoms with van der Waals surface area (Å²) >= 11 is 0. The number of hydrogen-bond acceptors (Lipinski definition) is 8. The van der Waals surface area contributed by atoms with Crippen LogP contribution in [-0.2, 0) is 33.3 Å². The van der Waals surface area contributed by atoms with E-state index in [4.69, 9.17) is 10.1 Å². The molecule has 3 aromatic heterocycles. The largest absolute Gasteiger partial charge is 0.573 e. The van der Waals surface area contributed by atoms with Crippen LogP contribution < -0.4 is 9.88 Å². The number of primary sulfonamides is 1. The van der Waals surface area contributed by atoms with Crippen LogP contribution in [0.15, 0.2) is 53.8 Å². The molecule has 4 aromatic rings. The van der Waals surface area contributed by atoms with Crippen LogP contribution in [-0.4, -0.2) is 77.6 Å². The lowest BCUT2D eigenvalue weighted by molar-refractivity contribution is -0.274. The number of nitrogens with zero attached hydrogens (tertiary/aromatic N) is 5. The first kappa shape index (κ1) is 31.0. The van der Waals surface area contributed by atoms with Crippen molar-refractivity contribution in [1.29, 1.82) is 0 Å². The van der Waals surface area contributed by atoms with Crippen molar-refractivity contribution in [2.45, 2.75) is 43.5 Å². The Morgan fingerprint density at radius 3 is 2.28 bits per heavy atom. The normalized spacial score (nSPS) is 16.5. The summed E-state index contributed by atoms with van der Waals surface area (Å²) in [7, 11) is -5.61. The predicted octanol–water partition coefficient (Wildman–Crippen LogP) is 3.41. The Labute approximate surface area is 247 Å². The number of aryl methyl sites for hydroxylation is 2. The molecule has 0 radical (unpaired) electrons. The summed E-state index contributed by atoms with van der Waals surface area (Å²) in [5.74, 6) is -0.260. The van der Waals surface area contributed by atoms with Crippen molar-refractivity contribution >= 4 is 30.9 Å². The molecule has 0 aliphatic carbocycles. The van der Waals surface area contributed by atoms with Crippen LogP contribution in [0.4, 0.5) is 13.2 Å². The van der Waals surface area contributed by atoms with Crippen LogP contribution in [0.25, 0.3) is 28.0 Å². The highest BCUT2D eigenvalue weighted by Gasteiger charge is 2.33. The second-order valence-electron chi connectivity index (χ2n) is 11.2. The summed E-state index contributed by atoms with van der Waals surface area (Å²) < 4.78 is 95.0. The lowest BCUT2D eigenvalue weighted by atomic mass is 9.93. The summed E-state index contributed by atoms with van der Waals surface area (Å²) in [5.41, 5.74) is 1.69. The molecule has 2 N–H and O–H groups in total. The molecular weight excluding hydrogens is 609 g/mol. The Bertz CT molecular complexity index is 1870. The quantitative estimate of drug-likeness (QED) is 0.309. The topological polar surface area (TPSA) is 142 Å². The molecule has 16 heteroatoms. The van der Waals surface area contributed by atoms with Crippen LogP contribution in [0.1, 0.15) is 25.8 Å². The van der Waals surface area contributed by atoms with Gasteiger partial charge in [-0.2, -0.15) is 5.10 Å². The van der Waals surface area contributed by atoms with Gasteiger partial charge in [-0.3, -0.25) is 14.1 Å². The summed E-state index contributed by atoms with van der Waals surface area (Å²) in [5, 5.41) is 10.3. The van der Waals surface area contributed by atoms with Crippen LogP contribution >= 0.6 is 0 Å². The third kappa shape index (κ3) is 6.87. The van der Waals surface area contributed by atoms with E-state index in [0.717, 1.165) is 12.1 Å². The Morgan fingerprint density at radius 2 is 1.72 bits per heavy atom. The van der Waals surface area contributed by atoms with Gasteiger partial charge in [0, 0.05) is 49.0 Å². The first-order valence-electron chi connectivity index (χ1n) is 13.3. The lowest BCUT2D eigenvalue weighted by Crippen LogP contribution is -2.51. The fraction of sp³-hybridized carbons (Fsp3) is 0.407. The first-order chi connectivity index (χ1) is 19.9. The second-order valence-corrected chi connectivity index (χ2v) is 15.0. The van der Waals surface area contributed by atoms with E-state index in [1.807, 2.05) is 13.8 Å². The van der Waals surface area contributed by atoms with Crippen molar-refractivity contribution in [2.24, 2.45) is 12.2 Å². The van der Waals surface area contributed by atoms with Crippen LogP contribution in [0.2, 0.25) is 0 Å². The number of nitrogens with two attached hydrogens (primary N) is 1. The molecule has 1 aliphatic heterocycles. The Morgan fingerprint density at radius 1 is 1.07 bits per heavy atom. The monoisotopic (exact) mass is 640 g/mol. The fourth-order valence-corrected chi connectivity index (χ4v) is 7.29. The van der Waals surface area contributed by atoms with Crippen LogP contribution in [0.5, 0.6) is 5.75 Å². The molecule has 43 heavy (non-hydrogen) atoms. The maximum absolute atomic E-state index is 13.0. The molecule has 0 bridgehead atoms. The number of pyridine rings is 1. The van der Waals surface area contributed by atoms with Crippen LogP contribution in [0.3, 0.4) is 0 Å². The predicted molar refractivity (Wildman–Crippen MR) is 154 cm³/mol. The van der Waals surface area contributed by atoms with Gasteiger partial charge in [0.15, 0.2) is 9.84 Å². The van der Waals surface area contributed by atoms with Crippen molar-refractivity contribution < 1.29 is 34.7 Å². The number of benzene rings is 1. The maximum atomic E-state index is 13.0. The summed E-state index contributed by atoms with van der Waals surface area (Å²) in [6.07, 6.45) is 1.24. The molecule has 0 unspecified atom stereocenters. The fourth-order valence-electron chi connectivity index (χ4n) is 5.30. The second kappa shape index (κ2) is 10.9. The molecule has 5 rings (SSSR count). The molecule has 4 heterocycles. The highest BCUT2D eigenvalue weighted by molar-refractivity contribution is 7.91. The molecule has 0 amide bonds. The number of halogens is 3. The van der Waals surface area contributed by atoms with E-state index in [2.05, 4.69) is 14.7 Å². The third-order valence-electron chi connectivity index (χ3n) is 7.66. The first-order valence-corrected chi connectivity index (χ1v) is 16.7. The van der Waals surface area contributed by atoms with Crippen molar-refractivity contribution in [3.05, 3.63) is 54.5 Å². The maximum Gasteiger partial charge on any atom is 0.573 e. The molecule has 1 aromatic carbocycles. The van der Waals surface area contributed by atoms with E-state index in [9.17, 15) is 30.0 Å². The molecule has 232 valence electrons. The molecule has 1 fully saturated rings. The molecular formula is C27H31F3N6O5S2. The highest BCUT2D eigenvalue weighted by atomic mass is 32.2. The molecule has 11 nitrogen and oxygen atoms in total. The van der Waals surface area contributed by atoms with Gasteiger partial charge in [-0.05, 0) is 62.6 Å². The Hall–Kier alpha value is -3.47. The van der Waals surface area contributed by atoms with Gasteiger partial charge in [-0.15, -0.1) is 13.2 Å². The van der Waals surface area contributed by atoms with E-state index in [-0.39, 0.29) is 27.7 Å². The van der Waals surface area contributed by atoms with Crippen molar-refractivity contribution in [1.82, 2.24) is 24.2 Å². The zero-order valence-electron chi connectivity index (χ0n) is 23.7. The van der Waals surface area contributed by atoms with Gasteiger partial charge in [0.2, 0.25) is 10.0 Å². The Balaban J connectivity index is 1.60. The van der Waals surface area contributed by atoms with E-state index in [1.54, 1.807) is 34.9 Å². The Kier molecular flexibility index (Phi) is 7.86. The minimum absolute atomic E-state index is 0.0856. The zero-order valence-corrected chi connectivity index (χ0v) is 25.3. The number of fused-ring (bicyclic) bond motifs is 1. The number of sulfone groups is 1. The summed E-state index contributed by atoms with van der Waals surface area (Å²) in [4.78, 5) is 6.69. The van der Waals surface area contributed by atoms with E-state index in [0.29, 0.717) is 48.1 Å². The number of aromatic nitrogens is 4. The number of ether oxygens (including phenoxy) is 1. The lowest BCUT2D eigenvalue weighted by Gasteiger charge is -2.41. The minimum atomic E-state index is -4.86. The minimum Gasteiger partial charge on any atom is -0.406 e. The van der Waals surface area contributed by atoms with Crippen LogP contribution in [0, 0.1) is 0 Å². The number of rotatable bonds is 8. The average Bonchev–Trinajstić information content (AvgIpc) is 3.49. The van der Waals surface area contributed by atoms with Gasteiger partial charge in [0.25, 0.3) is 0 Å². The van der Waals surface area contributed by atoms with E-state index in [1.165, 1.54) is 18.2 Å². The molecule has 0 atom stereocenters.